The zero-order valence-corrected chi connectivity index (χ0v) is 24.4. The third-order valence-electron chi connectivity index (χ3n) is 6.66. The number of aromatic amines is 1. The summed E-state index contributed by atoms with van der Waals surface area (Å²) in [6.07, 6.45) is 0.758. The molecule has 0 unspecified atom stereocenters. The minimum absolute atomic E-state index is 0.0286. The molecule has 11 nitrogen and oxygen atoms in total. The molecule has 5 aromatic rings. The zero-order valence-electron chi connectivity index (χ0n) is 23.6. The second kappa shape index (κ2) is 13.5. The van der Waals surface area contributed by atoms with E-state index in [1.54, 1.807) is 66.9 Å². The van der Waals surface area contributed by atoms with Crippen LogP contribution >= 0.6 is 11.3 Å². The number of aromatic nitrogens is 4. The van der Waals surface area contributed by atoms with Gasteiger partial charge in [0.25, 0.3) is 0 Å². The topological polar surface area (TPSA) is 165 Å². The Labute approximate surface area is 255 Å². The largest absolute Gasteiger partial charge is 0.481 e. The highest BCUT2D eigenvalue weighted by molar-refractivity contribution is 7.09. The molecular formula is C31H29FN6O5S. The van der Waals surface area contributed by atoms with Crippen molar-refractivity contribution in [2.75, 3.05) is 18.5 Å². The maximum atomic E-state index is 13.6. The number of carbonyl (C=O) groups excluding carboxylic acids is 1. The van der Waals surface area contributed by atoms with E-state index in [2.05, 4.69) is 25.3 Å². The lowest BCUT2D eigenvalue weighted by Crippen LogP contribution is -2.42. The first kappa shape index (κ1) is 30.5. The molecule has 44 heavy (non-hydrogen) atoms. The van der Waals surface area contributed by atoms with Crippen molar-refractivity contribution < 1.29 is 28.6 Å². The highest BCUT2D eigenvalue weighted by Crippen LogP contribution is 2.35. The van der Waals surface area contributed by atoms with E-state index in [-0.39, 0.29) is 24.9 Å². The summed E-state index contributed by atoms with van der Waals surface area (Å²) in [5, 5.41) is 14.6. The molecule has 1 aliphatic rings. The summed E-state index contributed by atoms with van der Waals surface area (Å²) in [7, 11) is 0. The van der Waals surface area contributed by atoms with Crippen molar-refractivity contribution in [2.45, 2.75) is 19.8 Å². The first-order chi connectivity index (χ1) is 21.2. The molecule has 4 heterocycles. The van der Waals surface area contributed by atoms with Gasteiger partial charge in [-0.05, 0) is 60.8 Å². The molecule has 2 aromatic carbocycles. The number of anilines is 1. The van der Waals surface area contributed by atoms with Crippen molar-refractivity contribution in [2.24, 2.45) is 11.1 Å². The summed E-state index contributed by atoms with van der Waals surface area (Å²) < 4.78 is 25.0. The van der Waals surface area contributed by atoms with E-state index in [1.807, 2.05) is 23.6 Å². The molecule has 0 saturated carbocycles. The lowest BCUT2D eigenvalue weighted by Gasteiger charge is -2.33. The minimum atomic E-state index is -1.14. The summed E-state index contributed by atoms with van der Waals surface area (Å²) in [5.74, 6) is -0.930. The number of carboxylic acid groups (broad SMARTS) is 1. The molecule has 0 radical (unpaired) electrons. The predicted molar refractivity (Wildman–Crippen MR) is 162 cm³/mol. The Morgan fingerprint density at radius 1 is 1.07 bits per heavy atom. The van der Waals surface area contributed by atoms with E-state index in [4.69, 9.17) is 15.2 Å². The number of benzene rings is 2. The molecular weight excluding hydrogens is 587 g/mol. The Hall–Kier alpha value is -4.98. The van der Waals surface area contributed by atoms with Crippen LogP contribution in [-0.2, 0) is 20.8 Å². The number of halogens is 1. The quantitative estimate of drug-likeness (QED) is 0.182. The predicted octanol–water partition coefficient (Wildman–Crippen LogP) is 5.27. The van der Waals surface area contributed by atoms with Crippen molar-refractivity contribution in [3.05, 3.63) is 106 Å². The van der Waals surface area contributed by atoms with Gasteiger partial charge < -0.3 is 30.6 Å². The van der Waals surface area contributed by atoms with Crippen LogP contribution in [0.1, 0.15) is 34.3 Å². The van der Waals surface area contributed by atoms with Crippen LogP contribution in [0.2, 0.25) is 0 Å². The second-order valence-electron chi connectivity index (χ2n) is 10.1. The number of thiophene rings is 1. The van der Waals surface area contributed by atoms with Gasteiger partial charge in [0, 0.05) is 22.2 Å². The van der Waals surface area contributed by atoms with Gasteiger partial charge in [-0.25, -0.2) is 19.3 Å². The van der Waals surface area contributed by atoms with Crippen LogP contribution in [0.4, 0.5) is 10.3 Å². The SMILES string of the molecule is CC1(C(=O)O)COC(c2nc(-c3ccc(F)cc3)c(-c3ccnc(NCc4cccs4)n3)[nH]2)OC1.NC(=O)c1ccccc1. The highest BCUT2D eigenvalue weighted by Gasteiger charge is 2.41. The number of aliphatic carboxylic acids is 1. The molecule has 0 atom stereocenters. The van der Waals surface area contributed by atoms with E-state index >= 15 is 0 Å². The summed E-state index contributed by atoms with van der Waals surface area (Å²) in [5.41, 5.74) is 6.73. The molecule has 13 heteroatoms. The molecule has 5 N–H and O–H groups in total. The number of nitrogens with one attached hydrogen (secondary N) is 2. The Kier molecular flexibility index (Phi) is 9.38. The van der Waals surface area contributed by atoms with E-state index < -0.39 is 17.7 Å². The van der Waals surface area contributed by atoms with Gasteiger partial charge in [0.05, 0.1) is 36.8 Å². The number of carbonyl (C=O) groups is 2. The van der Waals surface area contributed by atoms with Gasteiger partial charge in [0.1, 0.15) is 11.2 Å². The van der Waals surface area contributed by atoms with E-state index in [9.17, 15) is 19.1 Å². The van der Waals surface area contributed by atoms with E-state index in [1.165, 1.54) is 12.1 Å². The third-order valence-corrected chi connectivity index (χ3v) is 7.53. The maximum Gasteiger partial charge on any atom is 0.314 e. The van der Waals surface area contributed by atoms with Gasteiger partial charge in [0.2, 0.25) is 18.1 Å². The van der Waals surface area contributed by atoms with Crippen LogP contribution < -0.4 is 11.1 Å². The number of imidazole rings is 1. The Morgan fingerprint density at radius 3 is 2.41 bits per heavy atom. The molecule has 1 saturated heterocycles. The standard InChI is InChI=1S/C24H22FN5O4S.C7H7NO/c1-24(22(31)32)12-33-21(34-13-24)20-29-18(14-4-6-15(25)7-5-14)19(30-20)17-8-9-26-23(28-17)27-11-16-3-2-10-35-16;8-7(9)6-4-2-1-3-5-6/h2-10,21H,11-13H2,1H3,(H,29,30)(H,31,32)(H,26,27,28);1-5H,(H2,8,9). The third kappa shape index (κ3) is 7.32. The Bertz CT molecular complexity index is 1710. The molecule has 0 aliphatic carbocycles. The fourth-order valence-electron chi connectivity index (χ4n) is 4.16. The van der Waals surface area contributed by atoms with Crippen LogP contribution in [0.15, 0.2) is 84.4 Å². The Balaban J connectivity index is 0.000000367. The second-order valence-corrected chi connectivity index (χ2v) is 11.1. The highest BCUT2D eigenvalue weighted by atomic mass is 32.1. The monoisotopic (exact) mass is 616 g/mol. The van der Waals surface area contributed by atoms with Gasteiger partial charge >= 0.3 is 5.97 Å². The molecule has 226 valence electrons. The van der Waals surface area contributed by atoms with Crippen LogP contribution in [0.5, 0.6) is 0 Å². The number of nitrogens with two attached hydrogens (primary N) is 1. The first-order valence-corrected chi connectivity index (χ1v) is 14.4. The normalized spacial score (nSPS) is 17.7. The zero-order chi connectivity index (χ0) is 31.1. The van der Waals surface area contributed by atoms with Crippen molar-refractivity contribution in [3.8, 4) is 22.6 Å². The van der Waals surface area contributed by atoms with Crippen molar-refractivity contribution >= 4 is 29.2 Å². The van der Waals surface area contributed by atoms with Crippen LogP contribution in [0.25, 0.3) is 22.6 Å². The fourth-order valence-corrected chi connectivity index (χ4v) is 4.80. The van der Waals surface area contributed by atoms with E-state index in [0.29, 0.717) is 46.5 Å². The van der Waals surface area contributed by atoms with Gasteiger partial charge in [-0.3, -0.25) is 9.59 Å². The van der Waals surface area contributed by atoms with Crippen molar-refractivity contribution in [1.29, 1.82) is 0 Å². The number of ether oxygens (including phenoxy) is 2. The molecule has 1 fully saturated rings. The number of carboxylic acids is 1. The lowest BCUT2D eigenvalue weighted by molar-refractivity contribution is -0.236. The summed E-state index contributed by atoms with van der Waals surface area (Å²) in [4.78, 5) is 39.9. The summed E-state index contributed by atoms with van der Waals surface area (Å²) in [6.45, 7) is 2.10. The Morgan fingerprint density at radius 2 is 1.80 bits per heavy atom. The number of nitrogens with zero attached hydrogens (tertiary/aromatic N) is 3. The molecule has 1 aliphatic heterocycles. The smallest absolute Gasteiger partial charge is 0.314 e. The van der Waals surface area contributed by atoms with Crippen LogP contribution in [0.3, 0.4) is 0 Å². The van der Waals surface area contributed by atoms with Gasteiger partial charge in [0.15, 0.2) is 5.82 Å². The average Bonchev–Trinajstić information content (AvgIpc) is 3.73. The summed E-state index contributed by atoms with van der Waals surface area (Å²) in [6, 6.07) is 20.5. The number of hydrogen-bond acceptors (Lipinski definition) is 9. The van der Waals surface area contributed by atoms with Crippen molar-refractivity contribution in [3.63, 3.8) is 0 Å². The number of amides is 1. The summed E-state index contributed by atoms with van der Waals surface area (Å²) >= 11 is 1.63. The van der Waals surface area contributed by atoms with Crippen LogP contribution in [-0.4, -0.2) is 50.1 Å². The average molecular weight is 617 g/mol. The van der Waals surface area contributed by atoms with Gasteiger partial charge in [-0.1, -0.05) is 24.3 Å². The number of primary amides is 1. The number of hydrogen-bond donors (Lipinski definition) is 4. The van der Waals surface area contributed by atoms with Crippen molar-refractivity contribution in [1.82, 2.24) is 19.9 Å². The molecule has 1 amide bonds. The van der Waals surface area contributed by atoms with Crippen LogP contribution in [0, 0.1) is 11.2 Å². The number of H-pyrrole nitrogens is 1. The lowest BCUT2D eigenvalue weighted by atomic mass is 9.92. The van der Waals surface area contributed by atoms with E-state index in [0.717, 1.165) is 4.88 Å². The molecule has 6 rings (SSSR count). The molecule has 0 bridgehead atoms. The maximum absolute atomic E-state index is 13.6. The molecule has 0 spiro atoms. The number of rotatable bonds is 8. The van der Waals surface area contributed by atoms with Gasteiger partial charge in [-0.15, -0.1) is 11.3 Å². The first-order valence-electron chi connectivity index (χ1n) is 13.5. The minimum Gasteiger partial charge on any atom is -0.481 e. The fraction of sp³-hybridized carbons (Fsp3) is 0.194. The van der Waals surface area contributed by atoms with Gasteiger partial charge in [-0.2, -0.15) is 0 Å². The molecule has 3 aromatic heterocycles.